The first-order chi connectivity index (χ1) is 18.7. The molecular formula is C29H22N6O2S. The van der Waals surface area contributed by atoms with E-state index in [1.54, 1.807) is 32.3 Å². The number of aromatic nitrogens is 4. The molecule has 1 aliphatic heterocycles. The summed E-state index contributed by atoms with van der Waals surface area (Å²) < 4.78 is 7.41. The lowest BCUT2D eigenvalue weighted by Crippen LogP contribution is -2.41. The molecule has 0 unspecified atom stereocenters. The van der Waals surface area contributed by atoms with Gasteiger partial charge in [0.2, 0.25) is 0 Å². The van der Waals surface area contributed by atoms with E-state index in [9.17, 15) is 4.79 Å². The van der Waals surface area contributed by atoms with E-state index >= 15 is 0 Å². The molecule has 0 N–H and O–H groups in total. The van der Waals surface area contributed by atoms with E-state index < -0.39 is 0 Å². The molecule has 8 nitrogen and oxygen atoms in total. The average molecular weight is 519 g/mol. The lowest BCUT2D eigenvalue weighted by molar-refractivity contribution is 0.196. The predicted octanol–water partition coefficient (Wildman–Crippen LogP) is 6.60. The van der Waals surface area contributed by atoms with Gasteiger partial charge in [0, 0.05) is 20.7 Å². The molecule has 9 heteroatoms. The molecular weight excluding hydrogens is 496 g/mol. The number of hydrogen-bond donors (Lipinski definition) is 0. The number of fused-ring (bicyclic) bond motifs is 5. The van der Waals surface area contributed by atoms with Gasteiger partial charge in [-0.3, -0.25) is 4.90 Å². The first kappa shape index (κ1) is 22.6. The molecule has 0 aliphatic carbocycles. The highest BCUT2D eigenvalue weighted by atomic mass is 32.2. The fourth-order valence-corrected chi connectivity index (χ4v) is 6.00. The van der Waals surface area contributed by atoms with Crippen LogP contribution in [0.3, 0.4) is 0 Å². The quantitative estimate of drug-likeness (QED) is 0.261. The molecule has 38 heavy (non-hydrogen) atoms. The van der Waals surface area contributed by atoms with Gasteiger partial charge in [0.25, 0.3) is 0 Å². The Morgan fingerprint density at radius 2 is 1.68 bits per heavy atom. The Bertz CT molecular complexity index is 1770. The molecule has 3 aromatic heterocycles. The van der Waals surface area contributed by atoms with E-state index in [0.29, 0.717) is 24.5 Å². The normalized spacial score (nSPS) is 12.5. The van der Waals surface area contributed by atoms with Crippen molar-refractivity contribution in [2.45, 2.75) is 29.8 Å². The van der Waals surface area contributed by atoms with Gasteiger partial charge < -0.3 is 9.32 Å². The van der Waals surface area contributed by atoms with Gasteiger partial charge in [-0.1, -0.05) is 47.7 Å². The third-order valence-electron chi connectivity index (χ3n) is 6.68. The number of pyridine rings is 1. The van der Waals surface area contributed by atoms with Crippen molar-refractivity contribution in [3.05, 3.63) is 108 Å². The summed E-state index contributed by atoms with van der Waals surface area (Å²) in [7, 11) is 0. The van der Waals surface area contributed by atoms with Crippen LogP contribution in [0.1, 0.15) is 16.9 Å². The molecule has 186 valence electrons. The number of hydrogen-bond acceptors (Lipinski definition) is 6. The maximum Gasteiger partial charge on any atom is 0.329 e. The van der Waals surface area contributed by atoms with Gasteiger partial charge in [0.05, 0.1) is 36.2 Å². The van der Waals surface area contributed by atoms with E-state index in [1.165, 1.54) is 0 Å². The van der Waals surface area contributed by atoms with Crippen LogP contribution in [0.25, 0.3) is 16.6 Å². The molecule has 4 heterocycles. The minimum Gasteiger partial charge on any atom is -0.467 e. The van der Waals surface area contributed by atoms with Crippen molar-refractivity contribution in [3.63, 3.8) is 0 Å². The number of tetrazole rings is 1. The molecule has 0 saturated carbocycles. The lowest BCUT2D eigenvalue weighted by atomic mass is 10.1. The Morgan fingerprint density at radius 3 is 2.42 bits per heavy atom. The van der Waals surface area contributed by atoms with E-state index in [-0.39, 0.29) is 6.03 Å². The molecule has 0 saturated heterocycles. The summed E-state index contributed by atoms with van der Waals surface area (Å²) in [4.78, 5) is 20.1. The standard InChI is InChI=1S/C29H22N6O2S/c1-19-12-13-23-20(15-19)16-21(28-30-31-32-35(23)28)17-33(18-22-7-6-14-37-22)29(36)34-24-8-2-4-10-26(24)38-27-11-5-3-9-25(27)34/h2-16H,17-18H2,1H3. The summed E-state index contributed by atoms with van der Waals surface area (Å²) in [6.45, 7) is 2.64. The number of aryl methyl sites for hydroxylation is 1. The maximum absolute atomic E-state index is 14.5. The number of rotatable bonds is 4. The van der Waals surface area contributed by atoms with Gasteiger partial charge in [0.1, 0.15) is 5.76 Å². The zero-order chi connectivity index (χ0) is 25.6. The Morgan fingerprint density at radius 1 is 0.921 bits per heavy atom. The van der Waals surface area contributed by atoms with Crippen molar-refractivity contribution >= 4 is 45.7 Å². The minimum atomic E-state index is -0.156. The van der Waals surface area contributed by atoms with Crippen LogP contribution in [0.4, 0.5) is 16.2 Å². The van der Waals surface area contributed by atoms with Crippen LogP contribution in [-0.4, -0.2) is 31.0 Å². The highest BCUT2D eigenvalue weighted by Gasteiger charge is 2.32. The topological polar surface area (TPSA) is 79.8 Å². The van der Waals surface area contributed by atoms with Gasteiger partial charge in [0.15, 0.2) is 5.65 Å². The number of urea groups is 1. The number of amides is 2. The molecule has 6 aromatic rings. The largest absolute Gasteiger partial charge is 0.467 e. The van der Waals surface area contributed by atoms with Crippen molar-refractivity contribution in [1.82, 2.24) is 24.9 Å². The molecule has 0 fully saturated rings. The van der Waals surface area contributed by atoms with Crippen LogP contribution in [0.5, 0.6) is 0 Å². The van der Waals surface area contributed by atoms with Gasteiger partial charge >= 0.3 is 6.03 Å². The van der Waals surface area contributed by atoms with Gasteiger partial charge in [-0.15, -0.1) is 5.10 Å². The summed E-state index contributed by atoms with van der Waals surface area (Å²) in [5.74, 6) is 0.693. The third kappa shape index (κ3) is 3.79. The summed E-state index contributed by atoms with van der Waals surface area (Å²) in [5, 5.41) is 13.5. The predicted molar refractivity (Wildman–Crippen MR) is 146 cm³/mol. The van der Waals surface area contributed by atoms with Crippen LogP contribution in [0, 0.1) is 6.92 Å². The SMILES string of the molecule is Cc1ccc2c(c1)cc(CN(Cc1ccco1)C(=O)N1c3ccccc3Sc3ccccc31)c1nnnn12. The van der Waals surface area contributed by atoms with Gasteiger partial charge in [-0.05, 0) is 71.9 Å². The van der Waals surface area contributed by atoms with Crippen molar-refractivity contribution in [1.29, 1.82) is 0 Å². The number of anilines is 2. The van der Waals surface area contributed by atoms with E-state index in [4.69, 9.17) is 4.42 Å². The number of furan rings is 1. The molecule has 0 spiro atoms. The first-order valence-electron chi connectivity index (χ1n) is 12.2. The smallest absolute Gasteiger partial charge is 0.329 e. The van der Waals surface area contributed by atoms with Crippen LogP contribution >= 0.6 is 11.8 Å². The fourth-order valence-electron chi connectivity index (χ4n) is 4.94. The molecule has 3 aromatic carbocycles. The highest BCUT2D eigenvalue weighted by molar-refractivity contribution is 7.99. The molecule has 0 atom stereocenters. The number of benzene rings is 3. The van der Waals surface area contributed by atoms with Crippen LogP contribution < -0.4 is 4.90 Å². The van der Waals surface area contributed by atoms with Crippen molar-refractivity contribution in [3.8, 4) is 0 Å². The first-order valence-corrected chi connectivity index (χ1v) is 13.0. The second-order valence-corrected chi connectivity index (χ2v) is 10.3. The van der Waals surface area contributed by atoms with Crippen LogP contribution in [0.2, 0.25) is 0 Å². The Labute approximate surface area is 222 Å². The molecule has 7 rings (SSSR count). The van der Waals surface area contributed by atoms with Crippen molar-refractivity contribution < 1.29 is 9.21 Å². The fraction of sp³-hybridized carbons (Fsp3) is 0.103. The van der Waals surface area contributed by atoms with Crippen molar-refractivity contribution in [2.75, 3.05) is 4.90 Å². The molecule has 2 amide bonds. The molecule has 0 radical (unpaired) electrons. The summed E-state index contributed by atoms with van der Waals surface area (Å²) >= 11 is 1.67. The maximum atomic E-state index is 14.5. The Hall–Kier alpha value is -4.63. The Balaban J connectivity index is 1.35. The number of nitrogens with zero attached hydrogens (tertiary/aromatic N) is 6. The lowest BCUT2D eigenvalue weighted by Gasteiger charge is -2.35. The zero-order valence-electron chi connectivity index (χ0n) is 20.5. The summed E-state index contributed by atoms with van der Waals surface area (Å²) in [5.41, 5.74) is 5.23. The van der Waals surface area contributed by atoms with Crippen molar-refractivity contribution in [2.24, 2.45) is 0 Å². The third-order valence-corrected chi connectivity index (χ3v) is 7.81. The number of carbonyl (C=O) groups excluding carboxylic acids is 1. The average Bonchev–Trinajstić information content (AvgIpc) is 3.64. The highest BCUT2D eigenvalue weighted by Crippen LogP contribution is 2.48. The summed E-state index contributed by atoms with van der Waals surface area (Å²) in [6, 6.07) is 27.8. The van der Waals surface area contributed by atoms with Crippen LogP contribution in [-0.2, 0) is 13.1 Å². The number of carbonyl (C=O) groups is 1. The molecule has 1 aliphatic rings. The minimum absolute atomic E-state index is 0.156. The summed E-state index contributed by atoms with van der Waals surface area (Å²) in [6.07, 6.45) is 1.62. The van der Waals surface area contributed by atoms with Crippen LogP contribution in [0.15, 0.2) is 105 Å². The van der Waals surface area contributed by atoms with E-state index in [0.717, 1.165) is 43.2 Å². The van der Waals surface area contributed by atoms with Gasteiger partial charge in [-0.2, -0.15) is 4.52 Å². The second-order valence-electron chi connectivity index (χ2n) is 9.24. The van der Waals surface area contributed by atoms with E-state index in [1.807, 2.05) is 72.8 Å². The molecule has 0 bridgehead atoms. The zero-order valence-corrected chi connectivity index (χ0v) is 21.3. The van der Waals surface area contributed by atoms with E-state index in [2.05, 4.69) is 34.6 Å². The monoisotopic (exact) mass is 518 g/mol. The Kier molecular flexibility index (Phi) is 5.36. The number of para-hydroxylation sites is 2. The second kappa shape index (κ2) is 9.04. The van der Waals surface area contributed by atoms with Gasteiger partial charge in [-0.25, -0.2) is 4.79 Å².